The highest BCUT2D eigenvalue weighted by Gasteiger charge is 2.14. The molecule has 2 rings (SSSR count). The average molecular weight is 395 g/mol. The second-order valence-corrected chi connectivity index (χ2v) is 9.01. The van der Waals surface area contributed by atoms with Crippen molar-refractivity contribution in [3.05, 3.63) is 59.2 Å². The van der Waals surface area contributed by atoms with Crippen LogP contribution in [0.25, 0.3) is 0 Å². The van der Waals surface area contributed by atoms with Gasteiger partial charge in [-0.05, 0) is 60.9 Å². The first-order valence-corrected chi connectivity index (χ1v) is 10.8. The van der Waals surface area contributed by atoms with Gasteiger partial charge in [0.25, 0.3) is 5.91 Å². The fourth-order valence-electron chi connectivity index (χ4n) is 3.01. The second kappa shape index (κ2) is 10.9. The van der Waals surface area contributed by atoms with Crippen molar-refractivity contribution in [3.63, 3.8) is 0 Å². The zero-order valence-corrected chi connectivity index (χ0v) is 18.1. The van der Waals surface area contributed by atoms with Gasteiger partial charge in [0, 0.05) is 16.3 Å². The summed E-state index contributed by atoms with van der Waals surface area (Å²) in [5.41, 5.74) is 2.52. The van der Waals surface area contributed by atoms with Crippen molar-refractivity contribution in [1.82, 2.24) is 5.32 Å². The third kappa shape index (κ3) is 6.73. The predicted molar refractivity (Wildman–Crippen MR) is 117 cm³/mol. The Morgan fingerprint density at radius 1 is 1.07 bits per heavy atom. The Kier molecular flexibility index (Phi) is 8.60. The van der Waals surface area contributed by atoms with Gasteiger partial charge in [0.1, 0.15) is 6.07 Å². The van der Waals surface area contributed by atoms with Crippen molar-refractivity contribution in [2.75, 3.05) is 6.54 Å². The van der Waals surface area contributed by atoms with Crippen LogP contribution in [0.2, 0.25) is 0 Å². The van der Waals surface area contributed by atoms with E-state index < -0.39 is 0 Å². The molecule has 1 amide bonds. The molecule has 3 nitrogen and oxygen atoms in total. The number of carbonyl (C=O) groups excluding carboxylic acids is 1. The Bertz CT molecular complexity index is 837. The van der Waals surface area contributed by atoms with E-state index in [-0.39, 0.29) is 5.91 Å². The van der Waals surface area contributed by atoms with E-state index in [0.29, 0.717) is 29.5 Å². The molecule has 2 aromatic carbocycles. The Morgan fingerprint density at radius 3 is 2.50 bits per heavy atom. The maximum atomic E-state index is 12.7. The molecule has 0 aliphatic heterocycles. The summed E-state index contributed by atoms with van der Waals surface area (Å²) in [6.45, 7) is 9.43. The molecule has 2 aromatic rings. The van der Waals surface area contributed by atoms with E-state index in [1.165, 1.54) is 17.3 Å². The summed E-state index contributed by atoms with van der Waals surface area (Å²) < 4.78 is 0. The summed E-state index contributed by atoms with van der Waals surface area (Å²) in [5, 5.41) is 12.5. The van der Waals surface area contributed by atoms with Crippen molar-refractivity contribution in [1.29, 1.82) is 5.26 Å². The van der Waals surface area contributed by atoms with E-state index >= 15 is 0 Å². The van der Waals surface area contributed by atoms with Gasteiger partial charge in [-0.15, -0.1) is 0 Å². The van der Waals surface area contributed by atoms with E-state index in [2.05, 4.69) is 45.1 Å². The largest absolute Gasteiger partial charge is 0.352 e. The van der Waals surface area contributed by atoms with Gasteiger partial charge in [-0.25, -0.2) is 0 Å². The summed E-state index contributed by atoms with van der Waals surface area (Å²) in [6.07, 6.45) is 3.05. The van der Waals surface area contributed by atoms with Crippen molar-refractivity contribution in [2.24, 2.45) is 11.8 Å². The lowest BCUT2D eigenvalue weighted by Crippen LogP contribution is -2.25. The van der Waals surface area contributed by atoms with Crippen LogP contribution >= 0.6 is 11.8 Å². The Labute approximate surface area is 173 Å². The summed E-state index contributed by atoms with van der Waals surface area (Å²) in [6, 6.07) is 15.9. The molecule has 0 heterocycles. The number of amides is 1. The number of rotatable bonds is 9. The molecule has 0 aromatic heterocycles. The molecule has 1 N–H and O–H groups in total. The lowest BCUT2D eigenvalue weighted by atomic mass is 10.0. The highest BCUT2D eigenvalue weighted by molar-refractivity contribution is 7.99. The van der Waals surface area contributed by atoms with Gasteiger partial charge < -0.3 is 5.32 Å². The van der Waals surface area contributed by atoms with Crippen LogP contribution in [0.4, 0.5) is 0 Å². The molecule has 0 aliphatic carbocycles. The third-order valence-corrected chi connectivity index (χ3v) is 5.54. The molecular weight excluding hydrogens is 364 g/mol. The SMILES string of the molecule is CC(C)CCCNC(=O)c1ccccc1Sc1cc(CC(C)C)ccc1C#N. The van der Waals surface area contributed by atoms with Gasteiger partial charge in [-0.3, -0.25) is 4.79 Å². The maximum Gasteiger partial charge on any atom is 0.252 e. The monoisotopic (exact) mass is 394 g/mol. The van der Waals surface area contributed by atoms with Gasteiger partial charge in [0.2, 0.25) is 0 Å². The Morgan fingerprint density at radius 2 is 1.82 bits per heavy atom. The van der Waals surface area contributed by atoms with Crippen LogP contribution in [-0.4, -0.2) is 12.5 Å². The minimum absolute atomic E-state index is 0.0521. The van der Waals surface area contributed by atoms with E-state index in [4.69, 9.17) is 0 Å². The average Bonchev–Trinajstić information content (AvgIpc) is 2.65. The molecule has 28 heavy (non-hydrogen) atoms. The molecule has 0 aliphatic rings. The molecule has 0 radical (unpaired) electrons. The number of hydrogen-bond acceptors (Lipinski definition) is 3. The minimum atomic E-state index is -0.0521. The maximum absolute atomic E-state index is 12.7. The third-order valence-electron chi connectivity index (χ3n) is 4.41. The normalized spacial score (nSPS) is 10.9. The molecule has 0 saturated carbocycles. The van der Waals surface area contributed by atoms with Crippen LogP contribution in [0.15, 0.2) is 52.3 Å². The molecule has 4 heteroatoms. The van der Waals surface area contributed by atoms with Gasteiger partial charge in [0.05, 0.1) is 11.1 Å². The fourth-order valence-corrected chi connectivity index (χ4v) is 4.10. The van der Waals surface area contributed by atoms with Crippen LogP contribution in [0.3, 0.4) is 0 Å². The lowest BCUT2D eigenvalue weighted by Gasteiger charge is -2.12. The Hall–Kier alpha value is -2.25. The van der Waals surface area contributed by atoms with Gasteiger partial charge >= 0.3 is 0 Å². The van der Waals surface area contributed by atoms with Crippen LogP contribution < -0.4 is 5.32 Å². The van der Waals surface area contributed by atoms with E-state index in [1.807, 2.05) is 36.4 Å². The summed E-state index contributed by atoms with van der Waals surface area (Å²) in [7, 11) is 0. The van der Waals surface area contributed by atoms with Gasteiger partial charge in [-0.2, -0.15) is 5.26 Å². The van der Waals surface area contributed by atoms with Gasteiger partial charge in [-0.1, -0.05) is 57.7 Å². The minimum Gasteiger partial charge on any atom is -0.352 e. The van der Waals surface area contributed by atoms with E-state index in [0.717, 1.165) is 29.1 Å². The molecule has 0 spiro atoms. The van der Waals surface area contributed by atoms with Crippen LogP contribution in [0.5, 0.6) is 0 Å². The number of nitriles is 1. The number of hydrogen-bond donors (Lipinski definition) is 1. The first-order chi connectivity index (χ1) is 13.4. The standard InChI is InChI=1S/C24H30N2OS/c1-17(2)8-7-13-26-24(27)21-9-5-6-10-22(21)28-23-15-19(14-18(3)4)11-12-20(23)16-25/h5-6,9-12,15,17-18H,7-8,13-14H2,1-4H3,(H,26,27). The summed E-state index contributed by atoms with van der Waals surface area (Å²) in [4.78, 5) is 14.5. The number of nitrogens with zero attached hydrogens (tertiary/aromatic N) is 1. The number of carbonyl (C=O) groups is 1. The quantitative estimate of drug-likeness (QED) is 0.525. The lowest BCUT2D eigenvalue weighted by molar-refractivity contribution is 0.0949. The van der Waals surface area contributed by atoms with Crippen molar-refractivity contribution in [2.45, 2.75) is 56.7 Å². The van der Waals surface area contributed by atoms with Crippen LogP contribution in [0.1, 0.15) is 62.0 Å². The fraction of sp³-hybridized carbons (Fsp3) is 0.417. The predicted octanol–water partition coefficient (Wildman–Crippen LogP) is 6.07. The van der Waals surface area contributed by atoms with Crippen molar-refractivity contribution >= 4 is 17.7 Å². The topological polar surface area (TPSA) is 52.9 Å². The summed E-state index contributed by atoms with van der Waals surface area (Å²) in [5.74, 6) is 1.14. The molecule has 0 unspecified atom stereocenters. The smallest absolute Gasteiger partial charge is 0.252 e. The zero-order chi connectivity index (χ0) is 20.5. The highest BCUT2D eigenvalue weighted by atomic mass is 32.2. The van der Waals surface area contributed by atoms with Crippen molar-refractivity contribution < 1.29 is 4.79 Å². The molecule has 0 atom stereocenters. The van der Waals surface area contributed by atoms with Crippen molar-refractivity contribution in [3.8, 4) is 6.07 Å². The molecule has 0 saturated heterocycles. The Balaban J connectivity index is 2.19. The molecular formula is C24H30N2OS. The molecule has 0 bridgehead atoms. The zero-order valence-electron chi connectivity index (χ0n) is 17.3. The van der Waals surface area contributed by atoms with Crippen LogP contribution in [0, 0.1) is 23.2 Å². The van der Waals surface area contributed by atoms with E-state index in [1.54, 1.807) is 0 Å². The first kappa shape index (κ1) is 22.0. The summed E-state index contributed by atoms with van der Waals surface area (Å²) >= 11 is 1.50. The first-order valence-electron chi connectivity index (χ1n) is 9.98. The van der Waals surface area contributed by atoms with E-state index in [9.17, 15) is 10.1 Å². The molecule has 148 valence electrons. The second-order valence-electron chi connectivity index (χ2n) is 7.93. The van der Waals surface area contributed by atoms with Gasteiger partial charge in [0.15, 0.2) is 0 Å². The number of benzene rings is 2. The molecule has 0 fully saturated rings. The number of nitrogens with one attached hydrogen (secondary N) is 1. The highest BCUT2D eigenvalue weighted by Crippen LogP contribution is 2.33. The van der Waals surface area contributed by atoms with Crippen LogP contribution in [-0.2, 0) is 6.42 Å².